The molecule has 0 radical (unpaired) electrons. The van der Waals surface area contributed by atoms with E-state index in [0.717, 1.165) is 55.7 Å². The zero-order valence-electron chi connectivity index (χ0n) is 75.0. The third kappa shape index (κ3) is 20.9. The fraction of sp³-hybridized carbons (Fsp3) is 0.812. The molecule has 7 rings (SSSR count). The van der Waals surface area contributed by atoms with Crippen molar-refractivity contribution in [2.75, 3.05) is 42.4 Å². The number of fused-ring (bicyclic) bond motifs is 2. The number of nitrogens with two attached hydrogens (primary N) is 2. The number of benzene rings is 1. The van der Waals surface area contributed by atoms with Crippen LogP contribution in [-0.2, 0) is 106 Å². The zero-order valence-corrected chi connectivity index (χ0v) is 77.0. The van der Waals surface area contributed by atoms with Crippen molar-refractivity contribution in [2.45, 2.75) is 341 Å². The molecule has 6 heterocycles. The van der Waals surface area contributed by atoms with Gasteiger partial charge in [0, 0.05) is 73.6 Å². The highest BCUT2D eigenvalue weighted by atomic mass is 28.4. The highest BCUT2D eigenvalue weighted by Crippen LogP contribution is 2.52. The van der Waals surface area contributed by atoms with Gasteiger partial charge >= 0.3 is 23.9 Å². The van der Waals surface area contributed by atoms with E-state index < -0.39 is 200 Å². The first-order valence-corrected chi connectivity index (χ1v) is 47.3. The van der Waals surface area contributed by atoms with Crippen LogP contribution >= 0.6 is 0 Å². The van der Waals surface area contributed by atoms with E-state index in [1.807, 2.05) is 72.4 Å². The molecule has 1 aromatic carbocycles. The molecule has 2 unspecified atom stereocenters. The van der Waals surface area contributed by atoms with Crippen LogP contribution in [0.15, 0.2) is 40.6 Å². The third-order valence-electron chi connectivity index (χ3n) is 27.3. The average molecular weight is 1690 g/mol. The topological polar surface area (TPSA) is 360 Å². The molecule has 6 aliphatic heterocycles. The van der Waals surface area contributed by atoms with Gasteiger partial charge in [0.25, 0.3) is 11.3 Å². The molecule has 6 aliphatic rings. The van der Waals surface area contributed by atoms with E-state index in [1.54, 1.807) is 55.4 Å². The summed E-state index contributed by atoms with van der Waals surface area (Å²) in [5.41, 5.74) is 0.641. The van der Waals surface area contributed by atoms with Crippen LogP contribution in [0.4, 0.5) is 8.78 Å². The number of likely N-dealkylation sites (N-methyl/N-ethyl adjacent to an activating group) is 2. The Kier molecular flexibility index (Phi) is 34.6. The minimum absolute atomic E-state index is 0.00521. The van der Waals surface area contributed by atoms with Crippen LogP contribution in [0, 0.1) is 59.2 Å². The lowest BCUT2D eigenvalue weighted by Gasteiger charge is -2.50. The van der Waals surface area contributed by atoms with Crippen molar-refractivity contribution in [3.8, 4) is 0 Å². The lowest BCUT2D eigenvalue weighted by Crippen LogP contribution is -2.62. The lowest BCUT2D eigenvalue weighted by atomic mass is 9.67. The lowest BCUT2D eigenvalue weighted by molar-refractivity contribution is -0.292. The summed E-state index contributed by atoms with van der Waals surface area (Å²) < 4.78 is 111. The summed E-state index contributed by atoms with van der Waals surface area (Å²) in [6, 6.07) is 14.1. The third-order valence-corrected chi connectivity index (χ3v) is 36.6. The molecular formula is C85H142F2N6O22Si2. The van der Waals surface area contributed by atoms with Gasteiger partial charge in [-0.1, -0.05) is 138 Å². The summed E-state index contributed by atoms with van der Waals surface area (Å²) in [5, 5.41) is 16.8. The summed E-state index contributed by atoms with van der Waals surface area (Å²) in [6.45, 7) is 37.8. The van der Waals surface area contributed by atoms with Gasteiger partial charge in [-0.3, -0.25) is 28.8 Å². The number of cyclic esters (lactones) is 2. The predicted molar refractivity (Wildman–Crippen MR) is 440 cm³/mol. The smallest absolute Gasteiger partial charge is 0.351 e. The normalized spacial score (nSPS) is 39.6. The van der Waals surface area contributed by atoms with Gasteiger partial charge in [-0.25, -0.2) is 18.4 Å². The molecule has 28 atom stereocenters. The molecule has 117 heavy (non-hydrogen) atoms. The summed E-state index contributed by atoms with van der Waals surface area (Å²) >= 11 is 0. The van der Waals surface area contributed by atoms with Crippen molar-refractivity contribution in [1.82, 2.24) is 9.80 Å². The van der Waals surface area contributed by atoms with Crippen molar-refractivity contribution in [1.29, 1.82) is 0 Å². The molecule has 32 heteroatoms. The number of hydrogen-bond donors (Lipinski definition) is 3. The number of rotatable bonds is 25. The second-order valence-electron chi connectivity index (χ2n) is 35.5. The minimum Gasteiger partial charge on any atom is -0.455 e. The van der Waals surface area contributed by atoms with Crippen LogP contribution in [0.1, 0.15) is 196 Å². The van der Waals surface area contributed by atoms with Crippen molar-refractivity contribution in [3.63, 3.8) is 0 Å². The number of hydrogen-bond acceptors (Lipinski definition) is 26. The number of esters is 4. The number of carbonyl (C=O) groups is 8. The van der Waals surface area contributed by atoms with E-state index in [1.165, 1.54) is 41.9 Å². The van der Waals surface area contributed by atoms with Gasteiger partial charge in [0.05, 0.1) is 35.6 Å². The molecule has 6 saturated heterocycles. The van der Waals surface area contributed by atoms with Gasteiger partial charge in [-0.05, 0) is 164 Å². The van der Waals surface area contributed by atoms with Gasteiger partial charge in [0.15, 0.2) is 63.7 Å². The first kappa shape index (κ1) is 100. The van der Waals surface area contributed by atoms with Crippen LogP contribution in [0.3, 0.4) is 0 Å². The second kappa shape index (κ2) is 40.5. The average Bonchev–Trinajstić information content (AvgIpc) is 1.55. The second-order valence-corrected chi connectivity index (χ2v) is 44.9. The molecule has 0 saturated carbocycles. The molecule has 6 fully saturated rings. The molecule has 5 N–H and O–H groups in total. The van der Waals surface area contributed by atoms with Crippen LogP contribution in [-0.4, -0.2) is 240 Å². The van der Waals surface area contributed by atoms with E-state index in [-0.39, 0.29) is 74.0 Å². The van der Waals surface area contributed by atoms with E-state index in [9.17, 15) is 43.6 Å². The van der Waals surface area contributed by atoms with Gasteiger partial charge in [-0.15, -0.1) is 0 Å². The minimum atomic E-state index is -3.20. The number of carbonyl (C=O) groups excluding carboxylic acids is 8. The number of nitrogens with zero attached hydrogens (tertiary/aromatic N) is 4. The summed E-state index contributed by atoms with van der Waals surface area (Å²) in [5.74, 6) is -19.3. The Bertz CT molecular complexity index is 3610. The number of ketones is 4. The molecule has 666 valence electrons. The van der Waals surface area contributed by atoms with Crippen LogP contribution < -0.4 is 11.5 Å². The molecule has 0 aromatic heterocycles. The van der Waals surface area contributed by atoms with Crippen LogP contribution in [0.2, 0.25) is 36.3 Å². The Morgan fingerprint density at radius 1 is 0.538 bits per heavy atom. The van der Waals surface area contributed by atoms with E-state index in [4.69, 9.17) is 72.5 Å². The number of halogens is 2. The Balaban J connectivity index is 0.000000366. The molecule has 28 nitrogen and oxygen atoms in total. The molecule has 0 aliphatic carbocycles. The molecule has 0 bridgehead atoms. The fourth-order valence-corrected chi connectivity index (χ4v) is 25.3. The maximum atomic E-state index is 17.2. The first-order valence-electron chi connectivity index (χ1n) is 42.3. The summed E-state index contributed by atoms with van der Waals surface area (Å²) in [4.78, 5) is 124. The first-order chi connectivity index (χ1) is 54.5. The van der Waals surface area contributed by atoms with Crippen molar-refractivity contribution in [2.24, 2.45) is 81.0 Å². The van der Waals surface area contributed by atoms with Gasteiger partial charge in [0.1, 0.15) is 54.4 Å². The number of alkyl halides is 2. The Morgan fingerprint density at radius 2 is 0.880 bits per heavy atom. The zero-order chi connectivity index (χ0) is 88.5. The summed E-state index contributed by atoms with van der Waals surface area (Å²) in [6.07, 6.45) is -7.61. The van der Waals surface area contributed by atoms with E-state index >= 15 is 8.78 Å². The SMILES string of the molecule is CC[C@@H]1OC(=O)[C@@](C)(F)C(=O)[C@H](C)[C@@H](OC2O[C@H](C)C[C@H](N(C)C)[C@H]2O[Si](CC)(CC)CC)[C@](C)(OC)C[C@@H](C)C(=O)[C@H](C)[C@H]2[C@H](/C(N)=N/O)C(=O)O[C@]21C.CC[C@@H]1OC(=O)[C@@](C)(F)C(=O)[C@H](C)[C@@H](OC2O[C@H](C)C[C@H](N(C)C)[C@H]2O[Si](CC)(CC)CC)[C@](C)(OC)C[C@@H](C)C(=O)[C@H](C)[C@H]2[C@H](/C(N)=N/OCc3ccccc3)C(=O)O[C@]21C. The number of methoxy groups -OCH3 is 2. The fourth-order valence-electron chi connectivity index (χ4n) is 19.6. The quantitative estimate of drug-likeness (QED) is 0.0120. The number of ether oxygens (including phenoxy) is 10. The van der Waals surface area contributed by atoms with Crippen molar-refractivity contribution < 1.29 is 113 Å². The number of oxime groups is 2. The highest BCUT2D eigenvalue weighted by molar-refractivity contribution is 6.74. The molecular weight excluding hydrogens is 1550 g/mol. The standard InChI is InChI=1S/C46H74FN3O11Si.C39H68FN3O11Si/c1-15-33-46(11)35(34(41(53)60-46)40(48)49-56-26-31-22-20-19-21-23-31)29(7)36(51)27(5)25-44(9,55-14)39(30(8)38(52)45(10,47)43(54)58-33)59-42-37(61-62(16-2,17-3)18-4)32(50(12)13)24-28(6)57-42;1-15-26-39(11)28(27(33(41)42-48)34(46)53-39)23(7)29(44)21(5)20-37(9,49-14)32(24(8)31(45)38(10,40)36(47)51-26)52-35-30(54-55(16-2,17-3)18-4)25(43(12)13)19-22(6)50-35/h19-23,27-30,32-35,37,39,42H,15-18,24-26H2,1-14H3,(H2,48,49);21-28,30,32,35,48H,15-20H2,1-14H3,(H2,41,42)/t27-,28-,29-,30+,32+,33+,34-,35+,37-,39-,42?,44-,45+,46+;21-,22-,23-,24+,25+,26+,27-,28+,30-,32-,35?,37-,38+,39+/m11/s1. The van der Waals surface area contributed by atoms with Crippen LogP contribution in [0.5, 0.6) is 0 Å². The van der Waals surface area contributed by atoms with Gasteiger partial charge in [0.2, 0.25) is 0 Å². The van der Waals surface area contributed by atoms with Crippen LogP contribution in [0.25, 0.3) is 0 Å². The Labute approximate surface area is 695 Å². The largest absolute Gasteiger partial charge is 0.455 e. The van der Waals surface area contributed by atoms with Crippen molar-refractivity contribution in [3.05, 3.63) is 35.9 Å². The van der Waals surface area contributed by atoms with E-state index in [0.29, 0.717) is 12.8 Å². The van der Waals surface area contributed by atoms with Gasteiger partial charge < -0.3 is 87.5 Å². The highest BCUT2D eigenvalue weighted by Gasteiger charge is 2.67. The number of amidine groups is 2. The monoisotopic (exact) mass is 1690 g/mol. The number of Topliss-reactive ketones (excluding diaryl/α,β-unsaturated/α-hetero) is 4. The Hall–Kier alpha value is -5.79. The summed E-state index contributed by atoms with van der Waals surface area (Å²) in [7, 11) is 6.18. The maximum absolute atomic E-state index is 17.2. The Morgan fingerprint density at radius 3 is 1.19 bits per heavy atom. The molecule has 1 aromatic rings. The van der Waals surface area contributed by atoms with E-state index in [2.05, 4.69) is 61.7 Å². The molecule has 0 amide bonds. The molecule has 0 spiro atoms. The predicted octanol–water partition coefficient (Wildman–Crippen LogP) is 11.8. The maximum Gasteiger partial charge on any atom is 0.351 e. The van der Waals surface area contributed by atoms with Gasteiger partial charge in [-0.2, -0.15) is 0 Å². The van der Waals surface area contributed by atoms with Crippen molar-refractivity contribution >= 4 is 75.3 Å².